The number of hydrogen-bond donors (Lipinski definition) is 2. The highest BCUT2D eigenvalue weighted by Gasteiger charge is 2.23. The van der Waals surface area contributed by atoms with Crippen LogP contribution in [-0.2, 0) is 4.74 Å². The molecule has 0 spiro atoms. The fourth-order valence-corrected chi connectivity index (χ4v) is 2.85. The lowest BCUT2D eigenvalue weighted by Gasteiger charge is -2.33. The summed E-state index contributed by atoms with van der Waals surface area (Å²) in [4.78, 5) is 2.54. The van der Waals surface area contributed by atoms with E-state index in [0.29, 0.717) is 0 Å². The van der Waals surface area contributed by atoms with Crippen LogP contribution < -0.4 is 10.9 Å². The summed E-state index contributed by atoms with van der Waals surface area (Å²) in [7, 11) is 0. The summed E-state index contributed by atoms with van der Waals surface area (Å²) in [5, 5.41) is 0. The van der Waals surface area contributed by atoms with Gasteiger partial charge in [-0.2, -0.15) is 0 Å². The Morgan fingerprint density at radius 2 is 1.95 bits per heavy atom. The van der Waals surface area contributed by atoms with Gasteiger partial charge in [0.05, 0.1) is 12.7 Å². The van der Waals surface area contributed by atoms with E-state index in [0.717, 1.165) is 38.7 Å². The molecule has 2 aliphatic heterocycles. The lowest BCUT2D eigenvalue weighted by molar-refractivity contribution is -0.0311. The van der Waals surface area contributed by atoms with E-state index in [9.17, 15) is 0 Å². The fourth-order valence-electron chi connectivity index (χ4n) is 2.85. The summed E-state index contributed by atoms with van der Waals surface area (Å²) in [6, 6.07) is 10.6. The molecule has 1 aromatic carbocycles. The second-order valence-corrected chi connectivity index (χ2v) is 5.49. The second kappa shape index (κ2) is 6.48. The first-order valence-corrected chi connectivity index (χ1v) is 7.26. The van der Waals surface area contributed by atoms with Crippen LogP contribution in [0.25, 0.3) is 0 Å². The lowest BCUT2D eigenvalue weighted by atomic mass is 10.1. The molecule has 3 rings (SSSR count). The van der Waals surface area contributed by atoms with Crippen molar-refractivity contribution in [1.82, 2.24) is 15.8 Å². The molecule has 1 aromatic rings. The van der Waals surface area contributed by atoms with E-state index in [2.05, 4.69) is 46.1 Å². The minimum atomic E-state index is 0.245. The summed E-state index contributed by atoms with van der Waals surface area (Å²) in [5.41, 5.74) is 7.71. The largest absolute Gasteiger partial charge is 0.371 e. The maximum Gasteiger partial charge on any atom is 0.0952 e. The van der Waals surface area contributed by atoms with Crippen LogP contribution in [-0.4, -0.2) is 44.2 Å². The molecule has 104 valence electrons. The van der Waals surface area contributed by atoms with E-state index in [-0.39, 0.29) is 6.10 Å². The molecule has 0 amide bonds. The fraction of sp³-hybridized carbons (Fsp3) is 0.600. The van der Waals surface area contributed by atoms with E-state index in [4.69, 9.17) is 4.74 Å². The van der Waals surface area contributed by atoms with E-state index >= 15 is 0 Å². The zero-order chi connectivity index (χ0) is 12.9. The zero-order valence-corrected chi connectivity index (χ0v) is 11.3. The van der Waals surface area contributed by atoms with Crippen molar-refractivity contribution in [3.8, 4) is 0 Å². The normalized spacial score (nSPS) is 25.8. The number of benzene rings is 1. The van der Waals surface area contributed by atoms with Crippen LogP contribution in [0.5, 0.6) is 0 Å². The van der Waals surface area contributed by atoms with Gasteiger partial charge in [-0.1, -0.05) is 30.3 Å². The van der Waals surface area contributed by atoms with Crippen molar-refractivity contribution >= 4 is 0 Å². The number of hydrogen-bond acceptors (Lipinski definition) is 4. The molecule has 0 aromatic heterocycles. The highest BCUT2D eigenvalue weighted by Crippen LogP contribution is 2.22. The Kier molecular flexibility index (Phi) is 4.45. The number of rotatable bonds is 4. The van der Waals surface area contributed by atoms with Gasteiger partial charge in [0.1, 0.15) is 0 Å². The van der Waals surface area contributed by atoms with Crippen molar-refractivity contribution in [2.45, 2.75) is 12.5 Å². The van der Waals surface area contributed by atoms with Gasteiger partial charge < -0.3 is 4.74 Å². The van der Waals surface area contributed by atoms with Gasteiger partial charge in [-0.3, -0.25) is 15.8 Å². The Labute approximate surface area is 115 Å². The summed E-state index contributed by atoms with van der Waals surface area (Å²) in [6.07, 6.45) is 1.51. The Balaban J connectivity index is 1.50. The minimum Gasteiger partial charge on any atom is -0.371 e. The van der Waals surface area contributed by atoms with E-state index in [1.54, 1.807) is 0 Å². The van der Waals surface area contributed by atoms with Gasteiger partial charge in [-0.05, 0) is 24.4 Å². The standard InChI is InChI=1S/C15H23N3O/c1-2-4-14(5-3-1)15-12-18(8-9-19-15)7-6-13-10-16-17-11-13/h1-5,13,15-17H,6-12H2. The number of nitrogens with zero attached hydrogens (tertiary/aromatic N) is 1. The zero-order valence-electron chi connectivity index (χ0n) is 11.3. The van der Waals surface area contributed by atoms with Gasteiger partial charge in [-0.15, -0.1) is 0 Å². The number of hydrazine groups is 1. The molecule has 4 heteroatoms. The Morgan fingerprint density at radius 1 is 1.16 bits per heavy atom. The Hall–Kier alpha value is -0.940. The highest BCUT2D eigenvalue weighted by molar-refractivity contribution is 5.18. The predicted molar refractivity (Wildman–Crippen MR) is 75.7 cm³/mol. The first kappa shape index (κ1) is 13.1. The Bertz CT molecular complexity index is 378. The number of nitrogens with one attached hydrogen (secondary N) is 2. The van der Waals surface area contributed by atoms with Gasteiger partial charge in [0.25, 0.3) is 0 Å². The molecular weight excluding hydrogens is 238 g/mol. The van der Waals surface area contributed by atoms with E-state index in [1.165, 1.54) is 18.5 Å². The third kappa shape index (κ3) is 3.54. The Morgan fingerprint density at radius 3 is 2.74 bits per heavy atom. The number of ether oxygens (including phenoxy) is 1. The van der Waals surface area contributed by atoms with Gasteiger partial charge >= 0.3 is 0 Å². The van der Waals surface area contributed by atoms with Crippen LogP contribution in [0.2, 0.25) is 0 Å². The average molecular weight is 261 g/mol. The van der Waals surface area contributed by atoms with Crippen LogP contribution in [0.3, 0.4) is 0 Å². The van der Waals surface area contributed by atoms with Gasteiger partial charge in [-0.25, -0.2) is 0 Å². The van der Waals surface area contributed by atoms with Crippen molar-refractivity contribution in [1.29, 1.82) is 0 Å². The maximum atomic E-state index is 5.90. The molecule has 2 N–H and O–H groups in total. The first-order chi connectivity index (χ1) is 9.42. The molecule has 2 saturated heterocycles. The molecule has 0 radical (unpaired) electrons. The SMILES string of the molecule is c1ccc(C2CN(CCC3CNNC3)CCO2)cc1. The molecule has 2 fully saturated rings. The van der Waals surface area contributed by atoms with Gasteiger partial charge in [0.15, 0.2) is 0 Å². The quantitative estimate of drug-likeness (QED) is 0.853. The summed E-state index contributed by atoms with van der Waals surface area (Å²) in [6.45, 7) is 6.33. The van der Waals surface area contributed by atoms with Crippen molar-refractivity contribution in [2.24, 2.45) is 5.92 Å². The molecule has 1 unspecified atom stereocenters. The predicted octanol–water partition coefficient (Wildman–Crippen LogP) is 1.17. The van der Waals surface area contributed by atoms with E-state index < -0.39 is 0 Å². The molecule has 4 nitrogen and oxygen atoms in total. The van der Waals surface area contributed by atoms with Crippen molar-refractivity contribution in [2.75, 3.05) is 39.3 Å². The summed E-state index contributed by atoms with van der Waals surface area (Å²) < 4.78 is 5.90. The smallest absolute Gasteiger partial charge is 0.0952 e. The molecule has 0 aliphatic carbocycles. The summed E-state index contributed by atoms with van der Waals surface area (Å²) in [5.74, 6) is 0.776. The van der Waals surface area contributed by atoms with Gasteiger partial charge in [0, 0.05) is 26.2 Å². The van der Waals surface area contributed by atoms with E-state index in [1.807, 2.05) is 0 Å². The van der Waals surface area contributed by atoms with Crippen LogP contribution in [0.15, 0.2) is 30.3 Å². The van der Waals surface area contributed by atoms with Crippen molar-refractivity contribution in [3.63, 3.8) is 0 Å². The van der Waals surface area contributed by atoms with Crippen LogP contribution >= 0.6 is 0 Å². The molecular formula is C15H23N3O. The second-order valence-electron chi connectivity index (χ2n) is 5.49. The molecule has 2 heterocycles. The monoisotopic (exact) mass is 261 g/mol. The molecule has 1 atom stereocenters. The molecule has 0 saturated carbocycles. The lowest BCUT2D eigenvalue weighted by Crippen LogP contribution is -2.39. The van der Waals surface area contributed by atoms with Gasteiger partial charge in [0.2, 0.25) is 0 Å². The van der Waals surface area contributed by atoms with Crippen LogP contribution in [0, 0.1) is 5.92 Å². The van der Waals surface area contributed by atoms with Crippen LogP contribution in [0.1, 0.15) is 18.1 Å². The molecule has 2 aliphatic rings. The van der Waals surface area contributed by atoms with Crippen molar-refractivity contribution in [3.05, 3.63) is 35.9 Å². The third-order valence-electron chi connectivity index (χ3n) is 4.08. The number of morpholine rings is 1. The van der Waals surface area contributed by atoms with Crippen molar-refractivity contribution < 1.29 is 4.74 Å². The highest BCUT2D eigenvalue weighted by atomic mass is 16.5. The summed E-state index contributed by atoms with van der Waals surface area (Å²) >= 11 is 0. The average Bonchev–Trinajstić information content (AvgIpc) is 3.00. The molecule has 19 heavy (non-hydrogen) atoms. The third-order valence-corrected chi connectivity index (χ3v) is 4.08. The first-order valence-electron chi connectivity index (χ1n) is 7.26. The van der Waals surface area contributed by atoms with Crippen LogP contribution in [0.4, 0.5) is 0 Å². The minimum absolute atomic E-state index is 0.245. The molecule has 0 bridgehead atoms. The maximum absolute atomic E-state index is 5.90. The topological polar surface area (TPSA) is 36.5 Å².